The molecule has 0 spiro atoms. The first-order chi connectivity index (χ1) is 13.7. The largest absolute Gasteiger partial charge is 0.355 e. The third kappa shape index (κ3) is 5.30. The summed E-state index contributed by atoms with van der Waals surface area (Å²) in [5.74, 6) is 0. The average Bonchev–Trinajstić information content (AvgIpc) is 3.38. The number of rotatable bonds is 4. The maximum atomic E-state index is 9.87. The number of aromatic amines is 1. The molecule has 0 unspecified atom stereocenters. The number of pyridine rings is 1. The van der Waals surface area contributed by atoms with Gasteiger partial charge in [0.15, 0.2) is 0 Å². The number of aromatic nitrogens is 4. The van der Waals surface area contributed by atoms with E-state index in [1.54, 1.807) is 6.20 Å². The van der Waals surface area contributed by atoms with Gasteiger partial charge in [-0.05, 0) is 30.7 Å². The predicted molar refractivity (Wildman–Crippen MR) is 114 cm³/mol. The molecular weight excluding hydrogens is 350 g/mol. The van der Waals surface area contributed by atoms with Gasteiger partial charge in [-0.2, -0.15) is 5.10 Å². The number of nitrogens with one attached hydrogen (secondary N) is 2. The number of carbonyl (C=O) groups is 1. The second-order valence-corrected chi connectivity index (χ2v) is 5.93. The molecule has 4 rings (SSSR count). The third-order valence-electron chi connectivity index (χ3n) is 4.14. The first-order valence-electron chi connectivity index (χ1n) is 9.32. The van der Waals surface area contributed by atoms with Crippen LogP contribution >= 0.6 is 0 Å². The van der Waals surface area contributed by atoms with Crippen molar-refractivity contribution in [1.29, 1.82) is 0 Å². The highest BCUT2D eigenvalue weighted by Crippen LogP contribution is 2.21. The SMILES string of the molecule is CC.Cc1cc2ccc(-c3cn[nH]c3)nc2n1C.O=CNCc1ccccc1. The van der Waals surface area contributed by atoms with Crippen LogP contribution in [-0.2, 0) is 18.4 Å². The zero-order valence-electron chi connectivity index (χ0n) is 16.8. The summed E-state index contributed by atoms with van der Waals surface area (Å²) < 4.78 is 2.10. The molecule has 28 heavy (non-hydrogen) atoms. The van der Waals surface area contributed by atoms with Crippen molar-refractivity contribution in [2.45, 2.75) is 27.3 Å². The summed E-state index contributed by atoms with van der Waals surface area (Å²) in [5.41, 5.74) is 5.31. The molecule has 0 radical (unpaired) electrons. The van der Waals surface area contributed by atoms with Crippen molar-refractivity contribution in [2.75, 3.05) is 0 Å². The number of carbonyl (C=O) groups excluding carboxylic acids is 1. The van der Waals surface area contributed by atoms with Crippen LogP contribution in [0.3, 0.4) is 0 Å². The van der Waals surface area contributed by atoms with Crippen molar-refractivity contribution in [3.8, 4) is 11.3 Å². The van der Waals surface area contributed by atoms with E-state index in [1.165, 1.54) is 11.1 Å². The van der Waals surface area contributed by atoms with E-state index in [1.807, 2.05) is 63.5 Å². The molecule has 0 aliphatic carbocycles. The van der Waals surface area contributed by atoms with Crippen LogP contribution in [0.2, 0.25) is 0 Å². The van der Waals surface area contributed by atoms with Crippen molar-refractivity contribution in [3.05, 3.63) is 72.2 Å². The first kappa shape index (κ1) is 20.9. The highest BCUT2D eigenvalue weighted by Gasteiger charge is 2.06. The van der Waals surface area contributed by atoms with E-state index in [-0.39, 0.29) is 0 Å². The summed E-state index contributed by atoms with van der Waals surface area (Å²) in [6.07, 6.45) is 4.33. The Bertz CT molecular complexity index is 975. The minimum atomic E-state index is 0.615. The molecule has 0 fully saturated rings. The van der Waals surface area contributed by atoms with E-state index in [4.69, 9.17) is 0 Å². The molecule has 6 nitrogen and oxygen atoms in total. The molecule has 0 saturated heterocycles. The fourth-order valence-corrected chi connectivity index (χ4v) is 2.64. The number of hydrogen-bond acceptors (Lipinski definition) is 3. The molecule has 3 aromatic heterocycles. The van der Waals surface area contributed by atoms with Crippen molar-refractivity contribution >= 4 is 17.4 Å². The molecule has 1 amide bonds. The van der Waals surface area contributed by atoms with Crippen molar-refractivity contribution in [3.63, 3.8) is 0 Å². The molecule has 0 saturated carbocycles. The van der Waals surface area contributed by atoms with Crippen LogP contribution in [0, 0.1) is 6.92 Å². The third-order valence-corrected chi connectivity index (χ3v) is 4.14. The molecule has 0 bridgehead atoms. The molecule has 6 heteroatoms. The lowest BCUT2D eigenvalue weighted by atomic mass is 10.2. The van der Waals surface area contributed by atoms with Gasteiger partial charge in [-0.3, -0.25) is 9.89 Å². The van der Waals surface area contributed by atoms with Gasteiger partial charge in [0.1, 0.15) is 5.65 Å². The number of benzene rings is 1. The predicted octanol–water partition coefficient (Wildman–Crippen LogP) is 4.23. The minimum absolute atomic E-state index is 0.615. The second-order valence-electron chi connectivity index (χ2n) is 5.93. The normalized spacial score (nSPS) is 9.71. The molecule has 0 aliphatic heterocycles. The Balaban J connectivity index is 0.000000202. The Hall–Kier alpha value is -3.41. The number of amides is 1. The Morgan fingerprint density at radius 3 is 2.54 bits per heavy atom. The lowest BCUT2D eigenvalue weighted by molar-refractivity contribution is -0.109. The smallest absolute Gasteiger partial charge is 0.207 e. The van der Waals surface area contributed by atoms with Gasteiger partial charge in [-0.25, -0.2) is 4.98 Å². The van der Waals surface area contributed by atoms with Crippen LogP contribution in [-0.4, -0.2) is 26.2 Å². The highest BCUT2D eigenvalue weighted by molar-refractivity contribution is 5.80. The van der Waals surface area contributed by atoms with Gasteiger partial charge >= 0.3 is 0 Å². The van der Waals surface area contributed by atoms with Gasteiger partial charge in [0, 0.05) is 36.4 Å². The molecule has 1 aromatic carbocycles. The lowest BCUT2D eigenvalue weighted by Crippen LogP contribution is -2.09. The number of H-pyrrole nitrogens is 1. The number of nitrogens with zero attached hydrogens (tertiary/aromatic N) is 3. The summed E-state index contributed by atoms with van der Waals surface area (Å²) in [6, 6.07) is 16.0. The van der Waals surface area contributed by atoms with E-state index in [0.717, 1.165) is 22.5 Å². The quantitative estimate of drug-likeness (QED) is 0.523. The first-order valence-corrected chi connectivity index (χ1v) is 9.32. The molecule has 3 heterocycles. The van der Waals surface area contributed by atoms with Crippen LogP contribution in [0.1, 0.15) is 25.1 Å². The van der Waals surface area contributed by atoms with Crippen molar-refractivity contribution in [1.82, 2.24) is 25.1 Å². The summed E-state index contributed by atoms with van der Waals surface area (Å²) >= 11 is 0. The Morgan fingerprint density at radius 2 is 1.89 bits per heavy atom. The second kappa shape index (κ2) is 10.7. The van der Waals surface area contributed by atoms with Crippen molar-refractivity contribution in [2.24, 2.45) is 7.05 Å². The summed E-state index contributed by atoms with van der Waals surface area (Å²) in [4.78, 5) is 14.5. The molecule has 0 aliphatic rings. The van der Waals surface area contributed by atoms with Crippen LogP contribution < -0.4 is 5.32 Å². The Labute approximate surface area is 165 Å². The molecule has 4 aromatic rings. The minimum Gasteiger partial charge on any atom is -0.355 e. The van der Waals surface area contributed by atoms with Gasteiger partial charge in [0.2, 0.25) is 6.41 Å². The summed E-state index contributed by atoms with van der Waals surface area (Å²) in [7, 11) is 2.03. The van der Waals surface area contributed by atoms with E-state index in [0.29, 0.717) is 13.0 Å². The highest BCUT2D eigenvalue weighted by atomic mass is 16.1. The van der Waals surface area contributed by atoms with Crippen LogP contribution in [0.5, 0.6) is 0 Å². The van der Waals surface area contributed by atoms with Crippen molar-refractivity contribution < 1.29 is 4.79 Å². The fourth-order valence-electron chi connectivity index (χ4n) is 2.64. The lowest BCUT2D eigenvalue weighted by Gasteiger charge is -2.00. The van der Waals surface area contributed by atoms with Gasteiger partial charge in [0.05, 0.1) is 11.9 Å². The van der Waals surface area contributed by atoms with Crippen LogP contribution in [0.4, 0.5) is 0 Å². The number of aryl methyl sites for hydroxylation is 2. The van der Waals surface area contributed by atoms with E-state index < -0.39 is 0 Å². The van der Waals surface area contributed by atoms with Gasteiger partial charge in [-0.15, -0.1) is 0 Å². The van der Waals surface area contributed by atoms with Crippen LogP contribution in [0.25, 0.3) is 22.3 Å². The Morgan fingerprint density at radius 1 is 1.14 bits per heavy atom. The summed E-state index contributed by atoms with van der Waals surface area (Å²) in [6.45, 7) is 6.70. The fraction of sp³-hybridized carbons (Fsp3) is 0.227. The van der Waals surface area contributed by atoms with E-state index in [9.17, 15) is 4.79 Å². The zero-order chi connectivity index (χ0) is 20.4. The molecule has 2 N–H and O–H groups in total. The summed E-state index contributed by atoms with van der Waals surface area (Å²) in [5, 5.41) is 10.5. The van der Waals surface area contributed by atoms with E-state index >= 15 is 0 Å². The van der Waals surface area contributed by atoms with Crippen LogP contribution in [0.15, 0.2) is 60.9 Å². The van der Waals surface area contributed by atoms with E-state index in [2.05, 4.69) is 44.1 Å². The number of fused-ring (bicyclic) bond motifs is 1. The molecular formula is C22H27N5O. The zero-order valence-corrected chi connectivity index (χ0v) is 16.8. The van der Waals surface area contributed by atoms with Gasteiger partial charge < -0.3 is 9.88 Å². The monoisotopic (exact) mass is 377 g/mol. The van der Waals surface area contributed by atoms with Gasteiger partial charge in [0.25, 0.3) is 0 Å². The maximum absolute atomic E-state index is 9.87. The maximum Gasteiger partial charge on any atom is 0.207 e. The molecule has 0 atom stereocenters. The Kier molecular flexibility index (Phi) is 7.96. The standard InChI is InChI=1S/C12H12N4.C8H9NO.C2H6/c1-8-5-9-3-4-11(10-6-13-14-7-10)15-12(9)16(8)2;10-7-9-6-8-4-2-1-3-5-8;1-2/h3-7H,1-2H3,(H,13,14);1-5,7H,6H2,(H,9,10);1-2H3. The molecule has 146 valence electrons. The van der Waals surface area contributed by atoms with Gasteiger partial charge in [-0.1, -0.05) is 44.2 Å². The average molecular weight is 377 g/mol. The topological polar surface area (TPSA) is 75.6 Å². The number of hydrogen-bond donors (Lipinski definition) is 2.